The molecule has 0 aromatic carbocycles. The highest BCUT2D eigenvalue weighted by Gasteiger charge is 2.17. The molecule has 20 heavy (non-hydrogen) atoms. The lowest BCUT2D eigenvalue weighted by Crippen LogP contribution is -2.34. The second-order valence-corrected chi connectivity index (χ2v) is 8.57. The molecule has 2 atom stereocenters. The summed E-state index contributed by atoms with van der Waals surface area (Å²) in [7, 11) is -3.13. The summed E-state index contributed by atoms with van der Waals surface area (Å²) >= 11 is 0. The van der Waals surface area contributed by atoms with E-state index in [1.54, 1.807) is 0 Å². The largest absolute Gasteiger partial charge is 0.314 e. The lowest BCUT2D eigenvalue weighted by atomic mass is 10.0. The predicted molar refractivity (Wildman–Crippen MR) is 87.4 cm³/mol. The molecule has 0 bridgehead atoms. The molecule has 0 fully saturated rings. The normalized spacial score (nSPS) is 15.8. The number of hydrogen-bond donors (Lipinski definition) is 2. The van der Waals surface area contributed by atoms with Gasteiger partial charge in [0.2, 0.25) is 10.0 Å². The molecule has 0 saturated carbocycles. The van der Waals surface area contributed by atoms with Gasteiger partial charge in [-0.3, -0.25) is 0 Å². The Bertz CT molecular complexity index is 340. The van der Waals surface area contributed by atoms with E-state index in [4.69, 9.17) is 0 Å². The topological polar surface area (TPSA) is 58.2 Å². The summed E-state index contributed by atoms with van der Waals surface area (Å²) in [6.45, 7) is 13.4. The molecule has 0 heterocycles. The van der Waals surface area contributed by atoms with Gasteiger partial charge in [-0.25, -0.2) is 13.1 Å². The summed E-state index contributed by atoms with van der Waals surface area (Å²) in [6, 6.07) is 0.431. The Balaban J connectivity index is 3.89. The molecule has 0 amide bonds. The van der Waals surface area contributed by atoms with E-state index in [2.05, 4.69) is 30.8 Å². The second-order valence-electron chi connectivity index (χ2n) is 6.77. The minimum Gasteiger partial charge on any atom is -0.314 e. The lowest BCUT2D eigenvalue weighted by molar-refractivity contribution is 0.430. The van der Waals surface area contributed by atoms with Gasteiger partial charge in [-0.1, -0.05) is 20.8 Å². The molecular formula is C15H34N2O2S. The molecule has 122 valence electrons. The van der Waals surface area contributed by atoms with E-state index in [-0.39, 0.29) is 17.7 Å². The quantitative estimate of drug-likeness (QED) is 0.617. The molecule has 2 N–H and O–H groups in total. The maximum atomic E-state index is 11.8. The van der Waals surface area contributed by atoms with Crippen LogP contribution in [-0.4, -0.2) is 32.8 Å². The van der Waals surface area contributed by atoms with Gasteiger partial charge in [-0.15, -0.1) is 0 Å². The molecule has 0 saturated heterocycles. The third kappa shape index (κ3) is 11.7. The zero-order valence-corrected chi connectivity index (χ0v) is 14.9. The fraction of sp³-hybridized carbons (Fsp3) is 1.00. The first-order valence-corrected chi connectivity index (χ1v) is 9.51. The van der Waals surface area contributed by atoms with E-state index in [1.165, 1.54) is 6.42 Å². The van der Waals surface area contributed by atoms with Crippen LogP contribution in [0.4, 0.5) is 0 Å². The van der Waals surface area contributed by atoms with Crippen LogP contribution >= 0.6 is 0 Å². The summed E-state index contributed by atoms with van der Waals surface area (Å²) < 4.78 is 26.3. The van der Waals surface area contributed by atoms with Crippen molar-refractivity contribution in [2.24, 2.45) is 11.8 Å². The molecule has 0 rings (SSSR count). The fourth-order valence-electron chi connectivity index (χ4n) is 2.12. The first-order valence-electron chi connectivity index (χ1n) is 7.85. The van der Waals surface area contributed by atoms with Gasteiger partial charge >= 0.3 is 0 Å². The lowest BCUT2D eigenvalue weighted by Gasteiger charge is -2.18. The molecule has 0 aliphatic heterocycles. The highest BCUT2D eigenvalue weighted by Crippen LogP contribution is 2.11. The van der Waals surface area contributed by atoms with E-state index in [9.17, 15) is 8.42 Å². The third-order valence-corrected chi connectivity index (χ3v) is 5.06. The minimum atomic E-state index is -3.13. The van der Waals surface area contributed by atoms with E-state index >= 15 is 0 Å². The smallest absolute Gasteiger partial charge is 0.212 e. The van der Waals surface area contributed by atoms with Gasteiger partial charge in [-0.2, -0.15) is 0 Å². The first kappa shape index (κ1) is 19.9. The zero-order valence-electron chi connectivity index (χ0n) is 14.1. The molecule has 5 heteroatoms. The van der Waals surface area contributed by atoms with Crippen molar-refractivity contribution in [3.05, 3.63) is 0 Å². The fourth-order valence-corrected chi connectivity index (χ4v) is 3.85. The summed E-state index contributed by atoms with van der Waals surface area (Å²) in [5.41, 5.74) is 0. The van der Waals surface area contributed by atoms with Crippen LogP contribution in [0, 0.1) is 11.8 Å². The Morgan fingerprint density at radius 3 is 2.00 bits per heavy atom. The summed E-state index contributed by atoms with van der Waals surface area (Å²) in [6.07, 6.45) is 3.15. The summed E-state index contributed by atoms with van der Waals surface area (Å²) in [5.74, 6) is 1.14. The van der Waals surface area contributed by atoms with E-state index in [0.29, 0.717) is 6.04 Å². The van der Waals surface area contributed by atoms with Crippen molar-refractivity contribution in [3.8, 4) is 0 Å². The summed E-state index contributed by atoms with van der Waals surface area (Å²) in [5, 5.41) is 3.50. The van der Waals surface area contributed by atoms with Crippen LogP contribution in [0.1, 0.15) is 60.8 Å². The van der Waals surface area contributed by atoms with Gasteiger partial charge in [0.15, 0.2) is 0 Å². The molecule has 2 unspecified atom stereocenters. The molecule has 0 aliphatic rings. The highest BCUT2D eigenvalue weighted by atomic mass is 32.2. The van der Waals surface area contributed by atoms with Gasteiger partial charge in [0.05, 0.1) is 5.75 Å². The van der Waals surface area contributed by atoms with Crippen LogP contribution in [0.5, 0.6) is 0 Å². The van der Waals surface area contributed by atoms with Crippen LogP contribution in [0.2, 0.25) is 0 Å². The van der Waals surface area contributed by atoms with Crippen molar-refractivity contribution in [2.75, 3.05) is 12.3 Å². The van der Waals surface area contributed by atoms with Crippen LogP contribution in [-0.2, 0) is 10.0 Å². The van der Waals surface area contributed by atoms with Crippen molar-refractivity contribution in [1.82, 2.24) is 10.0 Å². The van der Waals surface area contributed by atoms with Crippen molar-refractivity contribution in [1.29, 1.82) is 0 Å². The standard InChI is InChI=1S/C15H34N2O2S/c1-12(2)9-10-16-15(6)8-7-14(5)11-20(18,19)17-13(3)4/h12-17H,7-11H2,1-6H3. The van der Waals surface area contributed by atoms with Crippen LogP contribution < -0.4 is 10.0 Å². The van der Waals surface area contributed by atoms with Crippen LogP contribution in [0.25, 0.3) is 0 Å². The van der Waals surface area contributed by atoms with Crippen molar-refractivity contribution in [2.45, 2.75) is 72.9 Å². The van der Waals surface area contributed by atoms with Crippen molar-refractivity contribution in [3.63, 3.8) is 0 Å². The molecular weight excluding hydrogens is 272 g/mol. The highest BCUT2D eigenvalue weighted by molar-refractivity contribution is 7.89. The Kier molecular flexibility index (Phi) is 9.68. The maximum absolute atomic E-state index is 11.8. The van der Waals surface area contributed by atoms with E-state index < -0.39 is 10.0 Å². The van der Waals surface area contributed by atoms with Gasteiger partial charge < -0.3 is 5.32 Å². The number of nitrogens with one attached hydrogen (secondary N) is 2. The van der Waals surface area contributed by atoms with Gasteiger partial charge in [0, 0.05) is 12.1 Å². The van der Waals surface area contributed by atoms with Gasteiger partial charge in [0.1, 0.15) is 0 Å². The minimum absolute atomic E-state index is 0.0242. The zero-order chi connectivity index (χ0) is 15.8. The number of hydrogen-bond acceptors (Lipinski definition) is 3. The average molecular weight is 307 g/mol. The third-order valence-electron chi connectivity index (χ3n) is 3.23. The monoisotopic (exact) mass is 306 g/mol. The van der Waals surface area contributed by atoms with Gasteiger partial charge in [-0.05, 0) is 58.4 Å². The Morgan fingerprint density at radius 1 is 0.900 bits per heavy atom. The number of rotatable bonds is 11. The Hall–Kier alpha value is -0.130. The number of sulfonamides is 1. The SMILES string of the molecule is CC(C)CCNC(C)CCC(C)CS(=O)(=O)NC(C)C. The molecule has 0 aromatic heterocycles. The summed E-state index contributed by atoms with van der Waals surface area (Å²) in [4.78, 5) is 0. The predicted octanol–water partition coefficient (Wildman–Crippen LogP) is 2.75. The molecule has 0 aromatic rings. The maximum Gasteiger partial charge on any atom is 0.212 e. The van der Waals surface area contributed by atoms with Gasteiger partial charge in [0.25, 0.3) is 0 Å². The Labute approximate surface area is 126 Å². The van der Waals surface area contributed by atoms with E-state index in [0.717, 1.165) is 25.3 Å². The molecule has 0 spiro atoms. The molecule has 0 radical (unpaired) electrons. The average Bonchev–Trinajstić information content (AvgIpc) is 2.23. The van der Waals surface area contributed by atoms with Crippen LogP contribution in [0.3, 0.4) is 0 Å². The van der Waals surface area contributed by atoms with Crippen LogP contribution in [0.15, 0.2) is 0 Å². The van der Waals surface area contributed by atoms with Crippen molar-refractivity contribution >= 4 is 10.0 Å². The Morgan fingerprint density at radius 2 is 1.50 bits per heavy atom. The van der Waals surface area contributed by atoms with E-state index in [1.807, 2.05) is 20.8 Å². The molecule has 4 nitrogen and oxygen atoms in total. The van der Waals surface area contributed by atoms with Crippen molar-refractivity contribution < 1.29 is 8.42 Å². The second kappa shape index (κ2) is 9.74. The first-order chi connectivity index (χ1) is 9.12. The molecule has 0 aliphatic carbocycles.